The summed E-state index contributed by atoms with van der Waals surface area (Å²) < 4.78 is 42.5. The van der Waals surface area contributed by atoms with E-state index in [-0.39, 0.29) is 91.2 Å². The van der Waals surface area contributed by atoms with E-state index in [1.807, 2.05) is 27.7 Å². The molecule has 0 saturated heterocycles. The lowest BCUT2D eigenvalue weighted by molar-refractivity contribution is -0.175. The largest absolute Gasteiger partial charge is 0.514 e. The molecule has 0 radical (unpaired) electrons. The maximum atomic E-state index is 14.3. The van der Waals surface area contributed by atoms with Crippen molar-refractivity contribution in [3.8, 4) is 17.1 Å². The summed E-state index contributed by atoms with van der Waals surface area (Å²) in [6.45, 7) is 18.1. The van der Waals surface area contributed by atoms with E-state index in [1.165, 1.54) is 17.1 Å². The number of hydrogen-bond donors (Lipinski definition) is 3. The maximum absolute atomic E-state index is 14.3. The van der Waals surface area contributed by atoms with Crippen molar-refractivity contribution in [1.29, 1.82) is 0 Å². The molecule has 3 atom stereocenters. The molecule has 1 aromatic carbocycles. The van der Waals surface area contributed by atoms with E-state index in [2.05, 4.69) is 26.3 Å². The number of cyclic esters (lactones) is 1. The number of esters is 1. The van der Waals surface area contributed by atoms with Crippen molar-refractivity contribution >= 4 is 58.7 Å². The molecule has 3 unspecified atom stereocenters. The Morgan fingerprint density at radius 2 is 1.62 bits per heavy atom. The Morgan fingerprint density at radius 1 is 0.895 bits per heavy atom. The number of rotatable bonds is 25. The molecule has 4 aromatic rings. The van der Waals surface area contributed by atoms with E-state index in [1.54, 1.807) is 81.3 Å². The minimum Gasteiger partial charge on any atom is -0.457 e. The third-order valence-electron chi connectivity index (χ3n) is 15.9. The van der Waals surface area contributed by atoms with Crippen LogP contribution in [-0.2, 0) is 95.5 Å². The number of aromatic nitrogens is 5. The normalized spacial score (nSPS) is 18.9. The minimum atomic E-state index is -2.06. The van der Waals surface area contributed by atoms with Gasteiger partial charge in [0.2, 0.25) is 23.3 Å². The molecule has 8 rings (SSSR count). The van der Waals surface area contributed by atoms with Gasteiger partial charge in [-0.1, -0.05) is 32.9 Å². The van der Waals surface area contributed by atoms with E-state index in [9.17, 15) is 43.2 Å². The Balaban J connectivity index is 0.749. The molecular formula is C61H79N9O16. The number of nitrogens with one attached hydrogen (secondary N) is 3. The number of carbonyl (C=O) groups excluding carboxylic acids is 8. The summed E-state index contributed by atoms with van der Waals surface area (Å²) in [5.74, 6) is -2.48. The number of amides is 5. The summed E-state index contributed by atoms with van der Waals surface area (Å²) in [5, 5.41) is 17.8. The number of hydrogen-bond acceptors (Lipinski definition) is 19. The summed E-state index contributed by atoms with van der Waals surface area (Å²) in [6.07, 6.45) is 6.55. The fourth-order valence-corrected chi connectivity index (χ4v) is 11.1. The van der Waals surface area contributed by atoms with Crippen molar-refractivity contribution in [3.05, 3.63) is 80.9 Å². The van der Waals surface area contributed by atoms with Crippen molar-refractivity contribution in [1.82, 2.24) is 45.4 Å². The van der Waals surface area contributed by atoms with Gasteiger partial charge < -0.3 is 53.7 Å². The monoisotopic (exact) mass is 1190 g/mol. The molecule has 1 saturated carbocycles. The second-order valence-corrected chi connectivity index (χ2v) is 24.3. The molecule has 1 aliphatic carbocycles. The molecule has 3 aromatic heterocycles. The Hall–Kier alpha value is -8.06. The van der Waals surface area contributed by atoms with Gasteiger partial charge in [0, 0.05) is 59.8 Å². The Labute approximate surface area is 498 Å². The van der Waals surface area contributed by atoms with Crippen LogP contribution in [0.2, 0.25) is 0 Å². The lowest BCUT2D eigenvalue weighted by Gasteiger charge is -2.35. The number of fused-ring (bicyclic) bond motifs is 5. The molecule has 4 aliphatic rings. The lowest BCUT2D eigenvalue weighted by atomic mass is 9.81. The van der Waals surface area contributed by atoms with Crippen LogP contribution in [0.25, 0.3) is 22.3 Å². The zero-order chi connectivity index (χ0) is 62.3. The van der Waals surface area contributed by atoms with Crippen molar-refractivity contribution in [2.75, 3.05) is 33.0 Å². The standard InChI is InChI=1S/C61H79N9O16/c1-11-41-42-25-40(84-58(79)85-59(6,7)8)17-18-46(42)64-53-43(41)30-69-48(53)26-45-44(55(69)76)31-82-56(77)61(45,12-2)86-57(78)83-32-47(35(3)4)63-49(71)33-80-34-50(72)65-60(9,10)22-24-81-36(5)21-23-68-29-39(66-67-68)27-62-54(75)38-15-13-37(14-16-38)28-70-51(73)19-20-52(70)74/h17-20,25-26,29,35-38,47H,11-16,21-24,27-28,30-34H2,1-10H3,(H,62,75)(H,63,71)(H,65,72). The van der Waals surface area contributed by atoms with Gasteiger partial charge in [0.25, 0.3) is 17.4 Å². The number of nitrogens with zero attached hydrogens (tertiary/aromatic N) is 6. The second kappa shape index (κ2) is 27.1. The average molecular weight is 1190 g/mol. The summed E-state index contributed by atoms with van der Waals surface area (Å²) in [7, 11) is 0. The number of benzene rings is 1. The molecule has 464 valence electrons. The van der Waals surface area contributed by atoms with E-state index < -0.39 is 71.7 Å². The van der Waals surface area contributed by atoms with Crippen LogP contribution in [0.5, 0.6) is 5.75 Å². The van der Waals surface area contributed by atoms with Crippen LogP contribution in [0.15, 0.2) is 47.4 Å². The SMILES string of the molecule is CCc1c2c(nc3ccc(OC(=O)OC(C)(C)C)cc13)-c1cc3c(c(=O)n1C2)COC(=O)C3(CC)OC(=O)OCC(NC(=O)COCC(=O)NC(C)(C)CCOC(C)CCn1cc(CNC(=O)C2CCC(CN3C(=O)C=CC3=O)CC2)nn1)C(C)C. The maximum Gasteiger partial charge on any atom is 0.514 e. The van der Waals surface area contributed by atoms with Gasteiger partial charge >= 0.3 is 18.3 Å². The van der Waals surface area contributed by atoms with Crippen molar-refractivity contribution in [3.63, 3.8) is 0 Å². The van der Waals surface area contributed by atoms with Gasteiger partial charge in [-0.15, -0.1) is 5.10 Å². The fourth-order valence-electron chi connectivity index (χ4n) is 11.1. The number of carbonyl (C=O) groups is 8. The smallest absolute Gasteiger partial charge is 0.457 e. The van der Waals surface area contributed by atoms with Crippen LogP contribution in [0.3, 0.4) is 0 Å². The number of ether oxygens (including phenoxy) is 7. The molecule has 3 aliphatic heterocycles. The van der Waals surface area contributed by atoms with Gasteiger partial charge in [-0.3, -0.25) is 38.3 Å². The van der Waals surface area contributed by atoms with Gasteiger partial charge in [-0.25, -0.2) is 19.4 Å². The molecule has 25 nitrogen and oxygen atoms in total. The molecular weight excluding hydrogens is 1110 g/mol. The number of aryl methyl sites for hydroxylation is 2. The summed E-state index contributed by atoms with van der Waals surface area (Å²) >= 11 is 0. The zero-order valence-corrected chi connectivity index (χ0v) is 50.7. The van der Waals surface area contributed by atoms with Crippen LogP contribution in [0, 0.1) is 17.8 Å². The first kappa shape index (κ1) is 63.9. The molecule has 3 N–H and O–H groups in total. The first-order valence-corrected chi connectivity index (χ1v) is 29.4. The van der Waals surface area contributed by atoms with Crippen LogP contribution < -0.4 is 26.2 Å². The van der Waals surface area contributed by atoms with Crippen LogP contribution >= 0.6 is 0 Å². The van der Waals surface area contributed by atoms with Gasteiger partial charge in [0.15, 0.2) is 0 Å². The Morgan fingerprint density at radius 3 is 2.30 bits per heavy atom. The lowest BCUT2D eigenvalue weighted by Crippen LogP contribution is -2.48. The van der Waals surface area contributed by atoms with Gasteiger partial charge in [0.1, 0.15) is 43.5 Å². The first-order chi connectivity index (χ1) is 40.8. The highest BCUT2D eigenvalue weighted by molar-refractivity contribution is 6.12. The number of pyridine rings is 2. The molecule has 1 fully saturated rings. The van der Waals surface area contributed by atoms with Crippen LogP contribution in [-0.4, -0.2) is 134 Å². The summed E-state index contributed by atoms with van der Waals surface area (Å²) in [4.78, 5) is 123. The molecule has 0 spiro atoms. The van der Waals surface area contributed by atoms with Crippen LogP contribution in [0.4, 0.5) is 9.59 Å². The van der Waals surface area contributed by atoms with E-state index in [4.69, 9.17) is 38.1 Å². The number of imide groups is 1. The molecule has 86 heavy (non-hydrogen) atoms. The third-order valence-corrected chi connectivity index (χ3v) is 15.9. The van der Waals surface area contributed by atoms with Crippen molar-refractivity contribution in [2.45, 2.75) is 176 Å². The fraction of sp³-hybridized carbons (Fsp3) is 0.574. The third kappa shape index (κ3) is 15.5. The average Bonchev–Trinajstić information content (AvgIpc) is 1.48. The molecule has 5 amide bonds. The highest BCUT2D eigenvalue weighted by Gasteiger charge is 2.51. The van der Waals surface area contributed by atoms with Crippen molar-refractivity contribution < 1.29 is 71.5 Å². The first-order valence-electron chi connectivity index (χ1n) is 29.4. The quantitative estimate of drug-likeness (QED) is 0.0261. The Bertz CT molecular complexity index is 3320. The Kier molecular flexibility index (Phi) is 20.2. The summed E-state index contributed by atoms with van der Waals surface area (Å²) in [5.41, 5.74) is 0.0964. The minimum absolute atomic E-state index is 0.0512. The van der Waals surface area contributed by atoms with E-state index in [0.29, 0.717) is 74.4 Å². The van der Waals surface area contributed by atoms with Crippen molar-refractivity contribution in [2.24, 2.45) is 17.8 Å². The van der Waals surface area contributed by atoms with Crippen LogP contribution in [0.1, 0.15) is 142 Å². The topological polar surface area (TPSA) is 306 Å². The second-order valence-electron chi connectivity index (χ2n) is 24.3. The summed E-state index contributed by atoms with van der Waals surface area (Å²) in [6, 6.07) is 5.93. The molecule has 25 heteroatoms. The predicted molar refractivity (Wildman–Crippen MR) is 309 cm³/mol. The highest BCUT2D eigenvalue weighted by Crippen LogP contribution is 2.43. The van der Waals surface area contributed by atoms with E-state index in [0.717, 1.165) is 29.4 Å². The zero-order valence-electron chi connectivity index (χ0n) is 50.7. The molecule has 6 heterocycles. The van der Waals surface area contributed by atoms with Gasteiger partial charge in [-0.2, -0.15) is 0 Å². The van der Waals surface area contributed by atoms with Gasteiger partial charge in [0.05, 0.1) is 53.9 Å². The molecule has 0 bridgehead atoms. The van der Waals surface area contributed by atoms with Gasteiger partial charge in [-0.05, 0) is 135 Å². The highest BCUT2D eigenvalue weighted by atomic mass is 16.7. The predicted octanol–water partition coefficient (Wildman–Crippen LogP) is 5.99. The van der Waals surface area contributed by atoms with E-state index >= 15 is 0 Å².